The molecule has 7 nitrogen and oxygen atoms in total. The van der Waals surface area contributed by atoms with Crippen LogP contribution >= 0.6 is 0 Å². The maximum atomic E-state index is 12.9. The van der Waals surface area contributed by atoms with Gasteiger partial charge in [0, 0.05) is 68.5 Å². The summed E-state index contributed by atoms with van der Waals surface area (Å²) in [5.41, 5.74) is 5.72. The van der Waals surface area contributed by atoms with E-state index in [9.17, 15) is 4.79 Å². The average molecular weight is 390 g/mol. The van der Waals surface area contributed by atoms with Gasteiger partial charge >= 0.3 is 0 Å². The smallest absolute Gasteiger partial charge is 0.258 e. The number of aryl methyl sites for hydroxylation is 1. The number of pyridine rings is 1. The first-order valence-corrected chi connectivity index (χ1v) is 9.80. The van der Waals surface area contributed by atoms with E-state index in [1.165, 1.54) is 6.21 Å². The molecule has 1 fully saturated rings. The Kier molecular flexibility index (Phi) is 5.07. The van der Waals surface area contributed by atoms with Crippen molar-refractivity contribution in [3.05, 3.63) is 58.0 Å². The summed E-state index contributed by atoms with van der Waals surface area (Å²) in [5, 5.41) is 10.8. The van der Waals surface area contributed by atoms with Gasteiger partial charge in [-0.3, -0.25) is 9.20 Å². The average Bonchev–Trinajstić information content (AvgIpc) is 2.73. The number of nitrogens with zero attached hydrogens (tertiary/aromatic N) is 4. The summed E-state index contributed by atoms with van der Waals surface area (Å²) < 4.78 is 1.61. The summed E-state index contributed by atoms with van der Waals surface area (Å²) in [7, 11) is 3.97. The van der Waals surface area contributed by atoms with Gasteiger partial charge in [-0.05, 0) is 43.8 Å². The Morgan fingerprint density at radius 1 is 1.14 bits per heavy atom. The van der Waals surface area contributed by atoms with Crippen LogP contribution in [0.25, 0.3) is 16.9 Å². The van der Waals surface area contributed by atoms with Crippen molar-refractivity contribution < 1.29 is 0 Å². The first-order chi connectivity index (χ1) is 14.0. The molecule has 1 saturated heterocycles. The maximum absolute atomic E-state index is 12.9. The highest BCUT2D eigenvalue weighted by molar-refractivity contribution is 5.89. The van der Waals surface area contributed by atoms with Crippen LogP contribution < -0.4 is 15.8 Å². The van der Waals surface area contributed by atoms with Gasteiger partial charge in [-0.25, -0.2) is 4.98 Å². The second kappa shape index (κ2) is 7.67. The number of aromatic nitrogens is 2. The summed E-state index contributed by atoms with van der Waals surface area (Å²) in [6.07, 6.45) is 3.21. The Morgan fingerprint density at radius 2 is 1.90 bits per heavy atom. The normalized spacial score (nSPS) is 14.9. The monoisotopic (exact) mass is 390 g/mol. The molecule has 29 heavy (non-hydrogen) atoms. The van der Waals surface area contributed by atoms with E-state index in [4.69, 9.17) is 10.4 Å². The number of anilines is 2. The summed E-state index contributed by atoms with van der Waals surface area (Å²) in [5.74, 6) is 0. The van der Waals surface area contributed by atoms with Crippen LogP contribution in [0.15, 0.2) is 41.3 Å². The number of fused-ring (bicyclic) bond motifs is 1. The Bertz CT molecular complexity index is 1130. The molecule has 0 saturated carbocycles. The molecule has 4 rings (SSSR count). The van der Waals surface area contributed by atoms with Crippen molar-refractivity contribution in [1.29, 1.82) is 5.41 Å². The van der Waals surface area contributed by atoms with E-state index in [-0.39, 0.29) is 5.56 Å². The highest BCUT2D eigenvalue weighted by Gasteiger charge is 2.16. The van der Waals surface area contributed by atoms with E-state index >= 15 is 0 Å². The molecule has 0 bridgehead atoms. The molecule has 1 aromatic carbocycles. The van der Waals surface area contributed by atoms with E-state index in [2.05, 4.69) is 22.2 Å². The fourth-order valence-electron chi connectivity index (χ4n) is 3.91. The Labute approximate surface area is 170 Å². The molecule has 2 N–H and O–H groups in total. The van der Waals surface area contributed by atoms with Crippen LogP contribution in [-0.2, 0) is 0 Å². The zero-order valence-electron chi connectivity index (χ0n) is 17.1. The van der Waals surface area contributed by atoms with Crippen LogP contribution in [0.3, 0.4) is 0 Å². The third kappa shape index (κ3) is 3.61. The van der Waals surface area contributed by atoms with Gasteiger partial charge in [0.1, 0.15) is 5.65 Å². The summed E-state index contributed by atoms with van der Waals surface area (Å²) in [6, 6.07) is 9.40. The molecule has 150 valence electrons. The molecule has 3 aromatic rings. The molecule has 0 spiro atoms. The van der Waals surface area contributed by atoms with Gasteiger partial charge in [-0.15, -0.1) is 0 Å². The third-order valence-electron chi connectivity index (χ3n) is 5.58. The maximum Gasteiger partial charge on any atom is 0.258 e. The molecule has 0 radical (unpaired) electrons. The van der Waals surface area contributed by atoms with Gasteiger partial charge in [0.05, 0.1) is 11.4 Å². The van der Waals surface area contributed by atoms with E-state index in [0.717, 1.165) is 54.2 Å². The molecule has 0 atom stereocenters. The lowest BCUT2D eigenvalue weighted by Gasteiger charge is -2.34. The van der Waals surface area contributed by atoms with Crippen LogP contribution in [0.4, 0.5) is 11.4 Å². The van der Waals surface area contributed by atoms with Crippen LogP contribution in [0.1, 0.15) is 11.1 Å². The number of hydrogen-bond acceptors (Lipinski definition) is 6. The van der Waals surface area contributed by atoms with Crippen LogP contribution in [0.5, 0.6) is 0 Å². The summed E-state index contributed by atoms with van der Waals surface area (Å²) in [4.78, 5) is 22.2. The topological polar surface area (TPSA) is 76.7 Å². The first kappa shape index (κ1) is 19.1. The highest BCUT2D eigenvalue weighted by atomic mass is 16.1. The fourth-order valence-corrected chi connectivity index (χ4v) is 3.91. The standard InChI is InChI=1S/C22H26N6O/c1-15-10-16(11-17(13-23)22(15)24-2)19-12-21(29)28-14-18(4-5-20(28)25-19)27-8-6-26(3)7-9-27/h4-5,10-14,23-24H,6-9H2,1-3H3. The van der Waals surface area contributed by atoms with Crippen molar-refractivity contribution in [3.63, 3.8) is 0 Å². The Hall–Kier alpha value is -3.19. The zero-order chi connectivity index (χ0) is 20.5. The molecule has 1 aliphatic heterocycles. The Balaban J connectivity index is 1.75. The predicted molar refractivity (Wildman–Crippen MR) is 119 cm³/mol. The molecule has 2 aromatic heterocycles. The third-order valence-corrected chi connectivity index (χ3v) is 5.58. The van der Waals surface area contributed by atoms with Crippen LogP contribution in [-0.4, -0.2) is 60.8 Å². The molecular formula is C22H26N6O. The number of nitrogens with one attached hydrogen (secondary N) is 2. The second-order valence-corrected chi connectivity index (χ2v) is 7.54. The van der Waals surface area contributed by atoms with Crippen molar-refractivity contribution in [1.82, 2.24) is 14.3 Å². The van der Waals surface area contributed by atoms with Crippen molar-refractivity contribution in [2.75, 3.05) is 50.5 Å². The first-order valence-electron chi connectivity index (χ1n) is 9.80. The quantitative estimate of drug-likeness (QED) is 0.669. The summed E-state index contributed by atoms with van der Waals surface area (Å²) >= 11 is 0. The lowest BCUT2D eigenvalue weighted by atomic mass is 10.0. The minimum absolute atomic E-state index is 0.104. The lowest BCUT2D eigenvalue weighted by Crippen LogP contribution is -2.44. The zero-order valence-corrected chi connectivity index (χ0v) is 17.1. The van der Waals surface area contributed by atoms with E-state index < -0.39 is 0 Å². The number of likely N-dealkylation sites (N-methyl/N-ethyl adjacent to an activating group) is 1. The van der Waals surface area contributed by atoms with Crippen molar-refractivity contribution >= 4 is 23.2 Å². The van der Waals surface area contributed by atoms with Gasteiger partial charge in [0.25, 0.3) is 5.56 Å². The minimum atomic E-state index is -0.104. The van der Waals surface area contributed by atoms with E-state index in [0.29, 0.717) is 11.3 Å². The molecule has 3 heterocycles. The fraction of sp³-hybridized carbons (Fsp3) is 0.318. The van der Waals surface area contributed by atoms with Gasteiger partial charge in [-0.1, -0.05) is 0 Å². The van der Waals surface area contributed by atoms with Crippen molar-refractivity contribution in [2.45, 2.75) is 6.92 Å². The van der Waals surface area contributed by atoms with Crippen LogP contribution in [0.2, 0.25) is 0 Å². The minimum Gasteiger partial charge on any atom is -0.387 e. The number of benzene rings is 1. The van der Waals surface area contributed by atoms with Crippen molar-refractivity contribution in [2.24, 2.45) is 0 Å². The number of piperazine rings is 1. The van der Waals surface area contributed by atoms with Gasteiger partial charge < -0.3 is 20.5 Å². The number of hydrogen-bond donors (Lipinski definition) is 2. The van der Waals surface area contributed by atoms with Gasteiger partial charge in [-0.2, -0.15) is 0 Å². The van der Waals surface area contributed by atoms with Crippen molar-refractivity contribution in [3.8, 4) is 11.3 Å². The van der Waals surface area contributed by atoms with E-state index in [1.807, 2.05) is 44.4 Å². The molecule has 1 aliphatic rings. The van der Waals surface area contributed by atoms with Gasteiger partial charge in [0.15, 0.2) is 0 Å². The molecule has 7 heteroatoms. The molecular weight excluding hydrogens is 364 g/mol. The Morgan fingerprint density at radius 3 is 2.59 bits per heavy atom. The molecule has 0 unspecified atom stereocenters. The van der Waals surface area contributed by atoms with Gasteiger partial charge in [0.2, 0.25) is 0 Å². The number of rotatable bonds is 4. The lowest BCUT2D eigenvalue weighted by molar-refractivity contribution is 0.313. The molecule has 0 amide bonds. The highest BCUT2D eigenvalue weighted by Crippen LogP contribution is 2.27. The SMILES string of the molecule is CNc1c(C)cc(-c2cc(=O)n3cc(N4CCN(C)CC4)ccc3n2)cc1C=N. The predicted octanol–water partition coefficient (Wildman–Crippen LogP) is 2.46. The largest absolute Gasteiger partial charge is 0.387 e. The molecule has 0 aliphatic carbocycles. The second-order valence-electron chi connectivity index (χ2n) is 7.54. The summed E-state index contributed by atoms with van der Waals surface area (Å²) in [6.45, 7) is 5.92. The van der Waals surface area contributed by atoms with Crippen LogP contribution in [0, 0.1) is 12.3 Å². The van der Waals surface area contributed by atoms with E-state index in [1.54, 1.807) is 10.5 Å².